The Morgan fingerprint density at radius 2 is 2.15 bits per heavy atom. The molecule has 0 aliphatic carbocycles. The van der Waals surface area contributed by atoms with Crippen molar-refractivity contribution in [1.29, 1.82) is 0 Å². The highest BCUT2D eigenvalue weighted by Crippen LogP contribution is 2.42. The van der Waals surface area contributed by atoms with Gasteiger partial charge in [-0.15, -0.1) is 0 Å². The molecule has 2 aliphatic heterocycles. The highest BCUT2D eigenvalue weighted by atomic mass is 28.3. The number of hydrogen-bond acceptors (Lipinski definition) is 5. The second kappa shape index (κ2) is 9.15. The average molecular weight is 469 g/mol. The first-order chi connectivity index (χ1) is 15.7. The molecule has 1 N–H and O–H groups in total. The molecule has 9 heteroatoms. The van der Waals surface area contributed by atoms with E-state index in [0.29, 0.717) is 31.1 Å². The molecular formula is C24H32N4O4Si. The van der Waals surface area contributed by atoms with Crippen LogP contribution in [0.1, 0.15) is 34.7 Å². The van der Waals surface area contributed by atoms with Gasteiger partial charge in [-0.2, -0.15) is 0 Å². The Kier molecular flexibility index (Phi) is 6.44. The fourth-order valence-corrected chi connectivity index (χ4v) is 5.10. The Hall–Kier alpha value is -2.91. The first-order valence-corrected chi connectivity index (χ1v) is 15.1. The van der Waals surface area contributed by atoms with Gasteiger partial charge in [0.15, 0.2) is 5.60 Å². The quantitative estimate of drug-likeness (QED) is 0.477. The van der Waals surface area contributed by atoms with Crippen LogP contribution in [0.4, 0.5) is 10.5 Å². The van der Waals surface area contributed by atoms with Gasteiger partial charge in [0.2, 0.25) is 5.82 Å². The summed E-state index contributed by atoms with van der Waals surface area (Å²) in [5.74, 6) is 0.103. The summed E-state index contributed by atoms with van der Waals surface area (Å²) in [7, 11) is -1.20. The summed E-state index contributed by atoms with van der Waals surface area (Å²) >= 11 is 0. The van der Waals surface area contributed by atoms with Crippen molar-refractivity contribution in [3.8, 4) is 0 Å². The van der Waals surface area contributed by atoms with Crippen LogP contribution >= 0.6 is 0 Å². The molecule has 33 heavy (non-hydrogen) atoms. The van der Waals surface area contributed by atoms with E-state index >= 15 is 0 Å². The van der Waals surface area contributed by atoms with Crippen molar-refractivity contribution >= 4 is 31.8 Å². The molecule has 2 amide bonds. The summed E-state index contributed by atoms with van der Waals surface area (Å²) in [6, 6.07) is 8.65. The Morgan fingerprint density at radius 1 is 1.36 bits per heavy atom. The number of aromatic nitrogens is 2. The van der Waals surface area contributed by atoms with Gasteiger partial charge in [-0.1, -0.05) is 44.4 Å². The maximum absolute atomic E-state index is 13.6. The molecule has 3 heterocycles. The summed E-state index contributed by atoms with van der Waals surface area (Å²) in [6.45, 7) is 12.5. The van der Waals surface area contributed by atoms with Crippen LogP contribution in [0.15, 0.2) is 37.0 Å². The molecule has 1 atom stereocenters. The van der Waals surface area contributed by atoms with Crippen molar-refractivity contribution in [3.63, 3.8) is 0 Å². The van der Waals surface area contributed by atoms with Crippen molar-refractivity contribution in [2.45, 2.75) is 50.9 Å². The van der Waals surface area contributed by atoms with Crippen LogP contribution in [0.5, 0.6) is 0 Å². The lowest BCUT2D eigenvalue weighted by Crippen LogP contribution is -2.53. The van der Waals surface area contributed by atoms with Crippen LogP contribution in [0.3, 0.4) is 0 Å². The van der Waals surface area contributed by atoms with E-state index in [1.165, 1.54) is 0 Å². The van der Waals surface area contributed by atoms with Gasteiger partial charge in [0, 0.05) is 33.0 Å². The summed E-state index contributed by atoms with van der Waals surface area (Å²) in [6.07, 6.45) is 4.29. The number of amides is 2. The minimum absolute atomic E-state index is 0.206. The lowest BCUT2D eigenvalue weighted by atomic mass is 9.83. The number of carbonyl (C=O) groups excluding carboxylic acids is 2. The molecule has 2 aliphatic rings. The molecule has 0 saturated carbocycles. The van der Waals surface area contributed by atoms with Gasteiger partial charge < -0.3 is 18.9 Å². The number of ether oxygens (including phenoxy) is 2. The number of anilines is 1. The van der Waals surface area contributed by atoms with E-state index in [2.05, 4.69) is 36.5 Å². The maximum atomic E-state index is 13.6. The molecule has 1 spiro atoms. The molecule has 1 aromatic heterocycles. The van der Waals surface area contributed by atoms with E-state index in [0.717, 1.165) is 23.7 Å². The zero-order valence-electron chi connectivity index (χ0n) is 19.6. The second-order valence-electron chi connectivity index (χ2n) is 9.90. The highest BCUT2D eigenvalue weighted by Gasteiger charge is 2.46. The highest BCUT2D eigenvalue weighted by molar-refractivity contribution is 6.76. The Morgan fingerprint density at radius 3 is 2.91 bits per heavy atom. The zero-order valence-corrected chi connectivity index (χ0v) is 20.6. The number of nitrogens with one attached hydrogen (secondary N) is 1. The van der Waals surface area contributed by atoms with E-state index in [1.54, 1.807) is 21.7 Å². The molecule has 0 radical (unpaired) electrons. The number of hydrogen-bond donors (Lipinski definition) is 1. The van der Waals surface area contributed by atoms with E-state index in [1.807, 2.05) is 24.3 Å². The molecule has 1 unspecified atom stereocenters. The molecule has 176 valence electrons. The standard InChI is InChI=1S/C24H32N4O4Si/c1-5-18-15-28(17-31-13-14-33(2,3)4)21(25-18)22(29)27-12-8-11-24(16-27)19-9-6-7-10-20(19)26-23(30)32-24/h5-7,9-10,15H,1,8,11-14,16-17H2,2-4H3,(H,26,30). The topological polar surface area (TPSA) is 85.7 Å². The average Bonchev–Trinajstić information content (AvgIpc) is 3.19. The molecule has 2 aromatic rings. The molecule has 4 rings (SSSR count). The monoisotopic (exact) mass is 468 g/mol. The van der Waals surface area contributed by atoms with Crippen molar-refractivity contribution in [2.24, 2.45) is 0 Å². The molecule has 0 bridgehead atoms. The lowest BCUT2D eigenvalue weighted by molar-refractivity contribution is -0.0402. The number of para-hydroxylation sites is 1. The number of rotatable bonds is 7. The predicted molar refractivity (Wildman–Crippen MR) is 130 cm³/mol. The van der Waals surface area contributed by atoms with Gasteiger partial charge in [-0.3, -0.25) is 10.1 Å². The Labute approximate surface area is 195 Å². The fourth-order valence-electron chi connectivity index (χ4n) is 4.34. The number of likely N-dealkylation sites (tertiary alicyclic amines) is 1. The summed E-state index contributed by atoms with van der Waals surface area (Å²) in [5, 5.41) is 2.76. The van der Waals surface area contributed by atoms with Crippen molar-refractivity contribution < 1.29 is 19.1 Å². The number of piperidine rings is 1. The Balaban J connectivity index is 1.54. The van der Waals surface area contributed by atoms with Crippen LogP contribution in [0, 0.1) is 0 Å². The van der Waals surface area contributed by atoms with E-state index in [9.17, 15) is 9.59 Å². The van der Waals surface area contributed by atoms with Crippen molar-refractivity contribution in [1.82, 2.24) is 14.5 Å². The third-order valence-electron chi connectivity index (χ3n) is 6.11. The summed E-state index contributed by atoms with van der Waals surface area (Å²) < 4.78 is 13.4. The number of benzene rings is 1. The minimum atomic E-state index is -1.20. The van der Waals surface area contributed by atoms with Gasteiger partial charge in [-0.05, 0) is 31.0 Å². The fraction of sp³-hybridized carbons (Fsp3) is 0.458. The minimum Gasteiger partial charge on any atom is -0.436 e. The van der Waals surface area contributed by atoms with Gasteiger partial charge in [0.05, 0.1) is 17.9 Å². The van der Waals surface area contributed by atoms with Gasteiger partial charge in [0.1, 0.15) is 6.73 Å². The molecule has 8 nitrogen and oxygen atoms in total. The molecule has 1 fully saturated rings. The van der Waals surface area contributed by atoms with E-state index in [-0.39, 0.29) is 19.2 Å². The first kappa shape index (κ1) is 23.3. The predicted octanol–water partition coefficient (Wildman–Crippen LogP) is 4.53. The lowest BCUT2D eigenvalue weighted by Gasteiger charge is -2.44. The first-order valence-electron chi connectivity index (χ1n) is 11.4. The van der Waals surface area contributed by atoms with E-state index < -0.39 is 19.8 Å². The molecule has 1 aromatic carbocycles. The van der Waals surface area contributed by atoms with Gasteiger partial charge in [0.25, 0.3) is 5.91 Å². The third kappa shape index (κ3) is 5.04. The van der Waals surface area contributed by atoms with Crippen LogP contribution in [0.25, 0.3) is 6.08 Å². The summed E-state index contributed by atoms with van der Waals surface area (Å²) in [4.78, 5) is 32.1. The van der Waals surface area contributed by atoms with Crippen LogP contribution < -0.4 is 5.32 Å². The number of imidazole rings is 1. The van der Waals surface area contributed by atoms with E-state index in [4.69, 9.17) is 9.47 Å². The maximum Gasteiger partial charge on any atom is 0.412 e. The number of nitrogens with zero attached hydrogens (tertiary/aromatic N) is 3. The summed E-state index contributed by atoms with van der Waals surface area (Å²) in [5.41, 5.74) is 1.39. The van der Waals surface area contributed by atoms with Crippen LogP contribution in [-0.4, -0.2) is 54.2 Å². The van der Waals surface area contributed by atoms with Gasteiger partial charge >= 0.3 is 6.09 Å². The smallest absolute Gasteiger partial charge is 0.412 e. The number of fused-ring (bicyclic) bond motifs is 2. The Bertz CT molecular complexity index is 1060. The van der Waals surface area contributed by atoms with Crippen LogP contribution in [0.2, 0.25) is 25.7 Å². The van der Waals surface area contributed by atoms with Crippen molar-refractivity contribution in [3.05, 3.63) is 54.1 Å². The van der Waals surface area contributed by atoms with Gasteiger partial charge in [-0.25, -0.2) is 9.78 Å². The molecular weight excluding hydrogens is 436 g/mol. The third-order valence-corrected chi connectivity index (χ3v) is 7.81. The van der Waals surface area contributed by atoms with Crippen molar-refractivity contribution in [2.75, 3.05) is 25.0 Å². The zero-order chi connectivity index (χ0) is 23.6. The second-order valence-corrected chi connectivity index (χ2v) is 15.5. The normalized spacial score (nSPS) is 20.2. The van der Waals surface area contributed by atoms with Crippen LogP contribution in [-0.2, 0) is 21.8 Å². The number of carbonyl (C=O) groups is 2. The largest absolute Gasteiger partial charge is 0.436 e. The molecule has 1 saturated heterocycles. The SMILES string of the molecule is C=Cc1cn(COCC[Si](C)(C)C)c(C(=O)N2CCCC3(C2)OC(=O)Nc2ccccc23)n1.